The molecule has 1 saturated heterocycles. The number of aromatic amines is 1. The van der Waals surface area contributed by atoms with E-state index in [0.29, 0.717) is 12.0 Å². The summed E-state index contributed by atoms with van der Waals surface area (Å²) in [7, 11) is 1.71. The van der Waals surface area contributed by atoms with Gasteiger partial charge in [0.1, 0.15) is 5.75 Å². The van der Waals surface area contributed by atoms with Crippen molar-refractivity contribution in [2.24, 2.45) is 0 Å². The number of piperidine rings is 1. The van der Waals surface area contributed by atoms with Crippen molar-refractivity contribution in [2.75, 3.05) is 20.2 Å². The van der Waals surface area contributed by atoms with Gasteiger partial charge in [0.05, 0.1) is 13.3 Å². The average Bonchev–Trinajstić information content (AvgIpc) is 3.04. The Bertz CT molecular complexity index is 612. The number of likely N-dealkylation sites (tertiary alicyclic amines) is 1. The fraction of sp³-hybridized carbons (Fsp3) is 0.500. The van der Waals surface area contributed by atoms with Crippen LogP contribution in [0.1, 0.15) is 38.3 Å². The van der Waals surface area contributed by atoms with E-state index in [1.54, 1.807) is 7.11 Å². The summed E-state index contributed by atoms with van der Waals surface area (Å²) in [5.41, 5.74) is 3.66. The lowest BCUT2D eigenvalue weighted by Gasteiger charge is -2.34. The van der Waals surface area contributed by atoms with E-state index in [9.17, 15) is 0 Å². The number of aromatic nitrogens is 2. The normalized spacial score (nSPS) is 17.1. The number of nitrogens with one attached hydrogen (secondary N) is 1. The number of nitrogens with zero attached hydrogens (tertiary/aromatic N) is 2. The Morgan fingerprint density at radius 2 is 2.05 bits per heavy atom. The van der Waals surface area contributed by atoms with Gasteiger partial charge in [0.25, 0.3) is 0 Å². The van der Waals surface area contributed by atoms with Gasteiger partial charge >= 0.3 is 0 Å². The molecule has 1 fully saturated rings. The monoisotopic (exact) mass is 299 g/mol. The Morgan fingerprint density at radius 1 is 1.27 bits per heavy atom. The molecule has 1 aromatic carbocycles. The molecule has 0 atom stereocenters. The molecular weight excluding hydrogens is 274 g/mol. The van der Waals surface area contributed by atoms with Gasteiger partial charge in [0.2, 0.25) is 0 Å². The fourth-order valence-electron chi connectivity index (χ4n) is 3.33. The molecule has 2 heterocycles. The van der Waals surface area contributed by atoms with Gasteiger partial charge in [0, 0.05) is 23.2 Å². The molecule has 1 aliphatic rings. The lowest BCUT2D eigenvalue weighted by atomic mass is 9.89. The molecule has 0 unspecified atom stereocenters. The van der Waals surface area contributed by atoms with Crippen molar-refractivity contribution in [1.29, 1.82) is 0 Å². The molecule has 118 valence electrons. The van der Waals surface area contributed by atoms with E-state index >= 15 is 0 Å². The number of methoxy groups -OCH3 is 1. The predicted molar refractivity (Wildman–Crippen MR) is 89.3 cm³/mol. The maximum atomic E-state index is 5.34. The molecule has 22 heavy (non-hydrogen) atoms. The van der Waals surface area contributed by atoms with Crippen LogP contribution in [0.4, 0.5) is 0 Å². The lowest BCUT2D eigenvalue weighted by molar-refractivity contribution is 0.171. The van der Waals surface area contributed by atoms with Crippen LogP contribution in [0.15, 0.2) is 30.5 Å². The van der Waals surface area contributed by atoms with Crippen molar-refractivity contribution in [2.45, 2.75) is 38.6 Å². The highest BCUT2D eigenvalue weighted by atomic mass is 16.5. The molecule has 0 bridgehead atoms. The summed E-state index contributed by atoms with van der Waals surface area (Å²) >= 11 is 0. The topological polar surface area (TPSA) is 41.1 Å². The number of benzene rings is 1. The standard InChI is InChI=1S/C18H25N3O/c1-13(2)21-9-7-14(8-10-21)18-17(12-19-20-18)15-5-4-6-16(11-15)22-3/h4-6,11-14H,7-10H2,1-3H3,(H,19,20). The first-order chi connectivity index (χ1) is 10.7. The third-order valence-corrected chi connectivity index (χ3v) is 4.72. The van der Waals surface area contributed by atoms with Crippen molar-refractivity contribution in [3.05, 3.63) is 36.2 Å². The Hall–Kier alpha value is -1.81. The fourth-order valence-corrected chi connectivity index (χ4v) is 3.33. The zero-order valence-electron chi connectivity index (χ0n) is 13.7. The third-order valence-electron chi connectivity index (χ3n) is 4.72. The number of H-pyrrole nitrogens is 1. The van der Waals surface area contributed by atoms with Gasteiger partial charge in [-0.15, -0.1) is 0 Å². The minimum Gasteiger partial charge on any atom is -0.497 e. The molecule has 1 aliphatic heterocycles. The van der Waals surface area contributed by atoms with E-state index in [1.165, 1.54) is 42.8 Å². The first-order valence-electron chi connectivity index (χ1n) is 8.10. The molecule has 0 amide bonds. The van der Waals surface area contributed by atoms with Crippen molar-refractivity contribution in [3.8, 4) is 16.9 Å². The van der Waals surface area contributed by atoms with E-state index < -0.39 is 0 Å². The Balaban J connectivity index is 1.81. The van der Waals surface area contributed by atoms with Crippen LogP contribution in [-0.2, 0) is 0 Å². The van der Waals surface area contributed by atoms with E-state index in [4.69, 9.17) is 4.74 Å². The van der Waals surface area contributed by atoms with Crippen LogP contribution in [0.3, 0.4) is 0 Å². The van der Waals surface area contributed by atoms with Crippen LogP contribution in [0, 0.1) is 0 Å². The molecular formula is C18H25N3O. The van der Waals surface area contributed by atoms with Crippen LogP contribution in [0.5, 0.6) is 5.75 Å². The number of rotatable bonds is 4. The summed E-state index contributed by atoms with van der Waals surface area (Å²) in [6, 6.07) is 8.86. The Morgan fingerprint density at radius 3 is 2.73 bits per heavy atom. The van der Waals surface area contributed by atoms with Gasteiger partial charge in [-0.1, -0.05) is 12.1 Å². The molecule has 0 saturated carbocycles. The molecule has 3 rings (SSSR count). The zero-order chi connectivity index (χ0) is 15.5. The van der Waals surface area contributed by atoms with E-state index in [2.05, 4.69) is 41.1 Å². The Kier molecular flexibility index (Phi) is 4.48. The van der Waals surface area contributed by atoms with Crippen LogP contribution >= 0.6 is 0 Å². The largest absolute Gasteiger partial charge is 0.497 e. The predicted octanol–water partition coefficient (Wildman–Crippen LogP) is 3.67. The van der Waals surface area contributed by atoms with E-state index in [-0.39, 0.29) is 0 Å². The summed E-state index contributed by atoms with van der Waals surface area (Å²) in [6.07, 6.45) is 4.33. The average molecular weight is 299 g/mol. The van der Waals surface area contributed by atoms with Crippen molar-refractivity contribution < 1.29 is 4.74 Å². The maximum absolute atomic E-state index is 5.34. The highest BCUT2D eigenvalue weighted by molar-refractivity contribution is 5.67. The smallest absolute Gasteiger partial charge is 0.119 e. The summed E-state index contributed by atoms with van der Waals surface area (Å²) in [6.45, 7) is 6.88. The van der Waals surface area contributed by atoms with Crippen LogP contribution in [-0.4, -0.2) is 41.3 Å². The van der Waals surface area contributed by atoms with Gasteiger partial charge in [0.15, 0.2) is 0 Å². The molecule has 0 spiro atoms. The molecule has 4 heteroatoms. The Labute approximate surface area is 132 Å². The molecule has 4 nitrogen and oxygen atoms in total. The summed E-state index contributed by atoms with van der Waals surface area (Å²) in [5.74, 6) is 1.46. The highest BCUT2D eigenvalue weighted by Gasteiger charge is 2.25. The molecule has 2 aromatic rings. The van der Waals surface area contributed by atoms with Crippen LogP contribution in [0.2, 0.25) is 0 Å². The van der Waals surface area contributed by atoms with Crippen LogP contribution in [0.25, 0.3) is 11.1 Å². The zero-order valence-corrected chi connectivity index (χ0v) is 13.7. The lowest BCUT2D eigenvalue weighted by Crippen LogP contribution is -2.38. The van der Waals surface area contributed by atoms with Gasteiger partial charge in [-0.05, 0) is 57.5 Å². The summed E-state index contributed by atoms with van der Waals surface area (Å²) in [4.78, 5) is 2.55. The second kappa shape index (κ2) is 6.53. The summed E-state index contributed by atoms with van der Waals surface area (Å²) < 4.78 is 5.34. The third kappa shape index (κ3) is 3.02. The molecule has 0 aliphatic carbocycles. The van der Waals surface area contributed by atoms with Gasteiger partial charge < -0.3 is 9.64 Å². The molecule has 0 radical (unpaired) electrons. The van der Waals surface area contributed by atoms with E-state index in [0.717, 1.165) is 5.75 Å². The minimum absolute atomic E-state index is 0.568. The van der Waals surface area contributed by atoms with Crippen molar-refractivity contribution >= 4 is 0 Å². The van der Waals surface area contributed by atoms with Crippen LogP contribution < -0.4 is 4.74 Å². The first kappa shape index (κ1) is 15.1. The maximum Gasteiger partial charge on any atom is 0.119 e. The van der Waals surface area contributed by atoms with E-state index in [1.807, 2.05) is 18.3 Å². The van der Waals surface area contributed by atoms with Crippen molar-refractivity contribution in [3.63, 3.8) is 0 Å². The summed E-state index contributed by atoms with van der Waals surface area (Å²) in [5, 5.41) is 7.55. The van der Waals surface area contributed by atoms with Gasteiger partial charge in [-0.3, -0.25) is 5.10 Å². The van der Waals surface area contributed by atoms with Gasteiger partial charge in [-0.2, -0.15) is 5.10 Å². The number of ether oxygens (including phenoxy) is 1. The second-order valence-corrected chi connectivity index (χ2v) is 6.33. The molecule has 1 aromatic heterocycles. The SMILES string of the molecule is COc1cccc(-c2cn[nH]c2C2CCN(C(C)C)CC2)c1. The number of hydrogen-bond acceptors (Lipinski definition) is 3. The number of hydrogen-bond donors (Lipinski definition) is 1. The first-order valence-corrected chi connectivity index (χ1v) is 8.10. The second-order valence-electron chi connectivity index (χ2n) is 6.33. The molecule has 1 N–H and O–H groups in total. The highest BCUT2D eigenvalue weighted by Crippen LogP contribution is 2.35. The quantitative estimate of drug-likeness (QED) is 0.936. The minimum atomic E-state index is 0.568. The van der Waals surface area contributed by atoms with Gasteiger partial charge in [-0.25, -0.2) is 0 Å². The van der Waals surface area contributed by atoms with Crippen molar-refractivity contribution in [1.82, 2.24) is 15.1 Å².